The maximum atomic E-state index is 12.4. The van der Waals surface area contributed by atoms with Gasteiger partial charge in [-0.05, 0) is 32.4 Å². The predicted molar refractivity (Wildman–Crippen MR) is 75.2 cm³/mol. The van der Waals surface area contributed by atoms with E-state index >= 15 is 0 Å². The van der Waals surface area contributed by atoms with Crippen molar-refractivity contribution in [3.63, 3.8) is 0 Å². The minimum absolute atomic E-state index is 0.0369. The molecule has 2 aliphatic heterocycles. The van der Waals surface area contributed by atoms with E-state index < -0.39 is 0 Å². The van der Waals surface area contributed by atoms with Crippen LogP contribution in [0.4, 0.5) is 0 Å². The third-order valence-corrected chi connectivity index (χ3v) is 4.64. The van der Waals surface area contributed by atoms with Gasteiger partial charge in [0, 0.05) is 32.7 Å². The summed E-state index contributed by atoms with van der Waals surface area (Å²) in [5.41, 5.74) is -0.382. The van der Waals surface area contributed by atoms with Crippen LogP contribution >= 0.6 is 0 Å². The van der Waals surface area contributed by atoms with Gasteiger partial charge in [0.05, 0.1) is 7.11 Å². The molecule has 0 aromatic rings. The van der Waals surface area contributed by atoms with E-state index in [1.807, 2.05) is 0 Å². The molecule has 0 radical (unpaired) electrons. The normalized spacial score (nSPS) is 25.8. The Morgan fingerprint density at radius 2 is 1.95 bits per heavy atom. The van der Waals surface area contributed by atoms with E-state index in [0.29, 0.717) is 0 Å². The number of nitrogens with one attached hydrogen (secondary N) is 1. The number of methoxy groups -OCH3 is 1. The molecule has 0 saturated carbocycles. The molecular weight excluding hydrogens is 242 g/mol. The molecule has 0 unspecified atom stereocenters. The van der Waals surface area contributed by atoms with Crippen LogP contribution in [-0.2, 0) is 9.53 Å². The SMILES string of the molecule is CCN1CCC(C(=O)OC)(N2CCCNCC2)CC1. The lowest BCUT2D eigenvalue weighted by Gasteiger charge is -2.46. The summed E-state index contributed by atoms with van der Waals surface area (Å²) in [6, 6.07) is 0. The topological polar surface area (TPSA) is 44.8 Å². The van der Waals surface area contributed by atoms with Gasteiger partial charge < -0.3 is 15.0 Å². The van der Waals surface area contributed by atoms with Gasteiger partial charge in [-0.3, -0.25) is 9.69 Å². The fraction of sp³-hybridized carbons (Fsp3) is 0.929. The molecule has 0 aliphatic carbocycles. The number of carbonyl (C=O) groups excluding carboxylic acids is 1. The number of hydrogen-bond acceptors (Lipinski definition) is 5. The monoisotopic (exact) mass is 269 g/mol. The second-order valence-corrected chi connectivity index (χ2v) is 5.55. The number of nitrogens with zero attached hydrogens (tertiary/aromatic N) is 2. The van der Waals surface area contributed by atoms with Crippen LogP contribution in [-0.4, -0.2) is 74.2 Å². The molecule has 0 bridgehead atoms. The highest BCUT2D eigenvalue weighted by molar-refractivity contribution is 5.81. The fourth-order valence-electron chi connectivity index (χ4n) is 3.35. The summed E-state index contributed by atoms with van der Waals surface area (Å²) < 4.78 is 5.14. The van der Waals surface area contributed by atoms with E-state index in [4.69, 9.17) is 4.74 Å². The molecule has 0 aromatic heterocycles. The molecule has 2 aliphatic rings. The predicted octanol–water partition coefficient (Wildman–Crippen LogP) is 0.309. The van der Waals surface area contributed by atoms with Crippen molar-refractivity contribution >= 4 is 5.97 Å². The lowest BCUT2D eigenvalue weighted by atomic mass is 9.85. The van der Waals surface area contributed by atoms with Crippen molar-refractivity contribution in [2.45, 2.75) is 31.7 Å². The number of likely N-dealkylation sites (tertiary alicyclic amines) is 1. The molecule has 2 saturated heterocycles. The van der Waals surface area contributed by atoms with Crippen molar-refractivity contribution in [3.05, 3.63) is 0 Å². The molecule has 0 atom stereocenters. The molecule has 5 nitrogen and oxygen atoms in total. The van der Waals surface area contributed by atoms with E-state index in [9.17, 15) is 4.79 Å². The maximum Gasteiger partial charge on any atom is 0.326 e. The van der Waals surface area contributed by atoms with Crippen LogP contribution in [0.3, 0.4) is 0 Å². The number of piperidine rings is 1. The Bertz CT molecular complexity index is 293. The Hall–Kier alpha value is -0.650. The standard InChI is InChI=1S/C14H27N3O2/c1-3-16-10-5-14(6-11-16,13(18)19-2)17-9-4-7-15-8-12-17/h15H,3-12H2,1-2H3. The van der Waals surface area contributed by atoms with Crippen molar-refractivity contribution in [2.75, 3.05) is 52.9 Å². The Labute approximate surface area is 116 Å². The number of ether oxygens (including phenoxy) is 1. The van der Waals surface area contributed by atoms with Crippen LogP contribution in [0.15, 0.2) is 0 Å². The van der Waals surface area contributed by atoms with E-state index in [1.165, 1.54) is 7.11 Å². The number of rotatable bonds is 3. The van der Waals surface area contributed by atoms with Gasteiger partial charge in [-0.2, -0.15) is 0 Å². The minimum Gasteiger partial charge on any atom is -0.468 e. The van der Waals surface area contributed by atoms with Crippen molar-refractivity contribution in [3.8, 4) is 0 Å². The molecule has 19 heavy (non-hydrogen) atoms. The summed E-state index contributed by atoms with van der Waals surface area (Å²) in [4.78, 5) is 17.2. The van der Waals surface area contributed by atoms with Crippen molar-refractivity contribution in [1.29, 1.82) is 0 Å². The highest BCUT2D eigenvalue weighted by atomic mass is 16.5. The first-order valence-electron chi connectivity index (χ1n) is 7.49. The number of esters is 1. The van der Waals surface area contributed by atoms with Gasteiger partial charge in [0.15, 0.2) is 0 Å². The summed E-state index contributed by atoms with van der Waals surface area (Å²) in [7, 11) is 1.52. The van der Waals surface area contributed by atoms with Crippen LogP contribution in [0.2, 0.25) is 0 Å². The number of hydrogen-bond donors (Lipinski definition) is 1. The van der Waals surface area contributed by atoms with Crippen LogP contribution in [0.25, 0.3) is 0 Å². The zero-order chi connectivity index (χ0) is 13.7. The van der Waals surface area contributed by atoms with Gasteiger partial charge in [-0.15, -0.1) is 0 Å². The summed E-state index contributed by atoms with van der Waals surface area (Å²) in [6.45, 7) is 9.20. The fourth-order valence-corrected chi connectivity index (χ4v) is 3.35. The Balaban J connectivity index is 2.12. The first-order valence-corrected chi connectivity index (χ1v) is 7.49. The highest BCUT2D eigenvalue weighted by Crippen LogP contribution is 2.30. The molecular formula is C14H27N3O2. The summed E-state index contributed by atoms with van der Waals surface area (Å²) in [5, 5.41) is 3.41. The second-order valence-electron chi connectivity index (χ2n) is 5.55. The third-order valence-electron chi connectivity index (χ3n) is 4.64. The summed E-state index contributed by atoms with van der Waals surface area (Å²) in [6.07, 6.45) is 2.90. The van der Waals surface area contributed by atoms with Crippen LogP contribution in [0, 0.1) is 0 Å². The van der Waals surface area contributed by atoms with E-state index in [1.54, 1.807) is 0 Å². The zero-order valence-corrected chi connectivity index (χ0v) is 12.3. The lowest BCUT2D eigenvalue weighted by molar-refractivity contribution is -0.159. The first-order chi connectivity index (χ1) is 9.23. The van der Waals surface area contributed by atoms with Crippen LogP contribution in [0.1, 0.15) is 26.2 Å². The third kappa shape index (κ3) is 3.09. The molecule has 0 amide bonds. The summed E-state index contributed by atoms with van der Waals surface area (Å²) in [5.74, 6) is -0.0369. The second kappa shape index (κ2) is 6.68. The van der Waals surface area contributed by atoms with E-state index in [-0.39, 0.29) is 11.5 Å². The molecule has 0 spiro atoms. The lowest BCUT2D eigenvalue weighted by Crippen LogP contribution is -2.61. The first kappa shape index (κ1) is 14.8. The van der Waals surface area contributed by atoms with Gasteiger partial charge in [0.25, 0.3) is 0 Å². The minimum atomic E-state index is -0.382. The van der Waals surface area contributed by atoms with Crippen LogP contribution < -0.4 is 5.32 Å². The largest absolute Gasteiger partial charge is 0.468 e. The molecule has 5 heteroatoms. The smallest absolute Gasteiger partial charge is 0.326 e. The number of carbonyl (C=O) groups is 1. The molecule has 0 aromatic carbocycles. The zero-order valence-electron chi connectivity index (χ0n) is 12.3. The van der Waals surface area contributed by atoms with Gasteiger partial charge in [0.2, 0.25) is 0 Å². The average Bonchev–Trinajstić information content (AvgIpc) is 2.76. The molecule has 2 fully saturated rings. The summed E-state index contributed by atoms with van der Waals surface area (Å²) >= 11 is 0. The maximum absolute atomic E-state index is 12.4. The molecule has 1 N–H and O–H groups in total. The average molecular weight is 269 g/mol. The van der Waals surface area contributed by atoms with E-state index in [2.05, 4.69) is 22.0 Å². The molecule has 2 rings (SSSR count). The van der Waals surface area contributed by atoms with Crippen LogP contribution in [0.5, 0.6) is 0 Å². The van der Waals surface area contributed by atoms with Gasteiger partial charge >= 0.3 is 5.97 Å². The Kier molecular flexibility index (Phi) is 5.19. The highest BCUT2D eigenvalue weighted by Gasteiger charge is 2.46. The van der Waals surface area contributed by atoms with Crippen molar-refractivity contribution in [2.24, 2.45) is 0 Å². The molecule has 2 heterocycles. The van der Waals surface area contributed by atoms with Crippen molar-refractivity contribution < 1.29 is 9.53 Å². The van der Waals surface area contributed by atoms with Gasteiger partial charge in [-0.1, -0.05) is 6.92 Å². The van der Waals surface area contributed by atoms with Crippen molar-refractivity contribution in [1.82, 2.24) is 15.1 Å². The van der Waals surface area contributed by atoms with Gasteiger partial charge in [-0.25, -0.2) is 0 Å². The molecule has 110 valence electrons. The Morgan fingerprint density at radius 1 is 1.21 bits per heavy atom. The van der Waals surface area contributed by atoms with E-state index in [0.717, 1.165) is 65.1 Å². The Morgan fingerprint density at radius 3 is 2.58 bits per heavy atom. The quantitative estimate of drug-likeness (QED) is 0.747. The van der Waals surface area contributed by atoms with Gasteiger partial charge in [0.1, 0.15) is 5.54 Å².